The van der Waals surface area contributed by atoms with E-state index >= 15 is 0 Å². The van der Waals surface area contributed by atoms with Crippen molar-refractivity contribution >= 4 is 6.29 Å². The molecule has 1 aromatic heterocycles. The Morgan fingerprint density at radius 3 is 1.68 bits per heavy atom. The molecule has 4 aromatic rings. The number of unbranched alkanes of at least 4 members (excludes halogenated alkanes) is 7. The first-order chi connectivity index (χ1) is 16.9. The zero-order valence-electron chi connectivity index (χ0n) is 19.9. The molecule has 0 saturated carbocycles. The van der Waals surface area contributed by atoms with E-state index in [-0.39, 0.29) is 0 Å². The van der Waals surface area contributed by atoms with Gasteiger partial charge >= 0.3 is 0 Å². The summed E-state index contributed by atoms with van der Waals surface area (Å²) in [5.41, 5.74) is 6.98. The first kappa shape index (κ1) is 23.7. The third-order valence-corrected chi connectivity index (χ3v) is 6.30. The lowest BCUT2D eigenvalue weighted by Gasteiger charge is -2.11. The quantitative estimate of drug-likeness (QED) is 0.152. The number of aldehydes is 1. The molecule has 0 N–H and O–H groups in total. The Morgan fingerprint density at radius 2 is 1.09 bits per heavy atom. The second kappa shape index (κ2) is 12.7. The highest BCUT2D eigenvalue weighted by Gasteiger charge is 2.21. The van der Waals surface area contributed by atoms with Crippen LogP contribution in [-0.2, 0) is 11.3 Å². The summed E-state index contributed by atoms with van der Waals surface area (Å²) < 4.78 is 2.23. The number of rotatable bonds is 13. The standard InChI is InChI=1S/C31H34N2O/c34-25-17-6-4-2-1-3-5-16-24-33-31(28-22-14-9-15-23-28)29(26-18-10-7-11-19-26)30(32-33)27-20-12-8-13-21-27/h7-15,18-23,25H,1-6,16-17,24H2. The fraction of sp³-hybridized carbons (Fsp3) is 0.290. The predicted octanol–water partition coefficient (Wildman–Crippen LogP) is 8.20. The molecule has 4 rings (SSSR count). The summed E-state index contributed by atoms with van der Waals surface area (Å²) in [7, 11) is 0. The van der Waals surface area contributed by atoms with Crippen molar-refractivity contribution in [1.82, 2.24) is 9.78 Å². The topological polar surface area (TPSA) is 34.9 Å². The zero-order valence-corrected chi connectivity index (χ0v) is 19.9. The summed E-state index contributed by atoms with van der Waals surface area (Å²) in [6.07, 6.45) is 9.94. The largest absolute Gasteiger partial charge is 0.303 e. The first-order valence-corrected chi connectivity index (χ1v) is 12.6. The van der Waals surface area contributed by atoms with E-state index in [9.17, 15) is 4.79 Å². The molecule has 1 heterocycles. The van der Waals surface area contributed by atoms with Gasteiger partial charge in [0.25, 0.3) is 0 Å². The molecule has 3 aromatic carbocycles. The van der Waals surface area contributed by atoms with E-state index in [0.29, 0.717) is 6.42 Å². The van der Waals surface area contributed by atoms with Crippen molar-refractivity contribution in [1.29, 1.82) is 0 Å². The van der Waals surface area contributed by atoms with Crippen LogP contribution in [0.4, 0.5) is 0 Å². The average molecular weight is 451 g/mol. The maximum atomic E-state index is 10.4. The number of nitrogens with zero attached hydrogens (tertiary/aromatic N) is 2. The van der Waals surface area contributed by atoms with Gasteiger partial charge in [0, 0.05) is 29.7 Å². The molecule has 0 atom stereocenters. The number of aromatic nitrogens is 2. The van der Waals surface area contributed by atoms with Crippen molar-refractivity contribution in [3.05, 3.63) is 91.0 Å². The Kier molecular flexibility index (Phi) is 8.84. The molecule has 174 valence electrons. The van der Waals surface area contributed by atoms with Crippen LogP contribution in [0.25, 0.3) is 33.6 Å². The molecule has 3 nitrogen and oxygen atoms in total. The van der Waals surface area contributed by atoms with Crippen LogP contribution in [0.15, 0.2) is 91.0 Å². The van der Waals surface area contributed by atoms with Crippen molar-refractivity contribution in [2.45, 2.75) is 57.9 Å². The molecule has 0 spiro atoms. The Bertz CT molecular complexity index is 1130. The average Bonchev–Trinajstić information content (AvgIpc) is 3.29. The highest BCUT2D eigenvalue weighted by molar-refractivity contribution is 5.91. The van der Waals surface area contributed by atoms with Crippen molar-refractivity contribution in [2.24, 2.45) is 0 Å². The summed E-state index contributed by atoms with van der Waals surface area (Å²) in [6, 6.07) is 31.8. The van der Waals surface area contributed by atoms with Gasteiger partial charge in [0.05, 0.1) is 5.69 Å². The monoisotopic (exact) mass is 450 g/mol. The number of carbonyl (C=O) groups excluding carboxylic acids is 1. The number of benzene rings is 3. The van der Waals surface area contributed by atoms with Crippen LogP contribution in [0.1, 0.15) is 51.4 Å². The number of hydrogen-bond donors (Lipinski definition) is 0. The summed E-state index contributed by atoms with van der Waals surface area (Å²) in [4.78, 5) is 10.4. The van der Waals surface area contributed by atoms with Crippen molar-refractivity contribution in [2.75, 3.05) is 0 Å². The molecule has 0 aliphatic carbocycles. The number of carbonyl (C=O) groups is 1. The Hall–Kier alpha value is -3.46. The Balaban J connectivity index is 1.60. The molecule has 0 radical (unpaired) electrons. The Labute approximate surface area is 203 Å². The van der Waals surface area contributed by atoms with E-state index in [4.69, 9.17) is 5.10 Å². The van der Waals surface area contributed by atoms with Gasteiger partial charge in [-0.2, -0.15) is 5.10 Å². The fourth-order valence-electron chi connectivity index (χ4n) is 4.56. The fourth-order valence-corrected chi connectivity index (χ4v) is 4.56. The number of hydrogen-bond acceptors (Lipinski definition) is 2. The third-order valence-electron chi connectivity index (χ3n) is 6.30. The third kappa shape index (κ3) is 6.11. The summed E-state index contributed by atoms with van der Waals surface area (Å²) in [6.45, 7) is 0.905. The van der Waals surface area contributed by atoms with Gasteiger partial charge < -0.3 is 4.79 Å². The van der Waals surface area contributed by atoms with Crippen LogP contribution in [0, 0.1) is 0 Å². The van der Waals surface area contributed by atoms with Gasteiger partial charge in [-0.05, 0) is 18.4 Å². The van der Waals surface area contributed by atoms with Gasteiger partial charge in [-0.1, -0.05) is 123 Å². The Morgan fingerprint density at radius 1 is 0.588 bits per heavy atom. The van der Waals surface area contributed by atoms with Crippen LogP contribution in [0.2, 0.25) is 0 Å². The SMILES string of the molecule is O=CCCCCCCCCCn1nc(-c2ccccc2)c(-c2ccccc2)c1-c1ccccc1. The smallest absolute Gasteiger partial charge is 0.119 e. The van der Waals surface area contributed by atoms with E-state index in [1.54, 1.807) is 0 Å². The molecule has 0 saturated heterocycles. The molecule has 0 amide bonds. The van der Waals surface area contributed by atoms with E-state index in [1.807, 2.05) is 0 Å². The van der Waals surface area contributed by atoms with Crippen LogP contribution in [-0.4, -0.2) is 16.1 Å². The lowest BCUT2D eigenvalue weighted by atomic mass is 9.96. The number of aryl methyl sites for hydroxylation is 1. The van der Waals surface area contributed by atoms with Crippen molar-refractivity contribution in [3.63, 3.8) is 0 Å². The van der Waals surface area contributed by atoms with Gasteiger partial charge in [0.1, 0.15) is 12.0 Å². The molecule has 3 heteroatoms. The molecule has 0 bridgehead atoms. The maximum Gasteiger partial charge on any atom is 0.119 e. The van der Waals surface area contributed by atoms with E-state index < -0.39 is 0 Å². The molecule has 0 aliphatic rings. The highest BCUT2D eigenvalue weighted by atomic mass is 16.1. The minimum atomic E-state index is 0.703. The van der Waals surface area contributed by atoms with Gasteiger partial charge in [-0.3, -0.25) is 4.68 Å². The maximum absolute atomic E-state index is 10.4. The van der Waals surface area contributed by atoms with E-state index in [1.165, 1.54) is 48.1 Å². The van der Waals surface area contributed by atoms with E-state index in [2.05, 4.69) is 95.7 Å². The summed E-state index contributed by atoms with van der Waals surface area (Å²) in [5.74, 6) is 0. The second-order valence-electron chi connectivity index (χ2n) is 8.82. The van der Waals surface area contributed by atoms with Gasteiger partial charge in [0.2, 0.25) is 0 Å². The minimum Gasteiger partial charge on any atom is -0.303 e. The molecule has 0 unspecified atom stereocenters. The van der Waals surface area contributed by atoms with Gasteiger partial charge in [-0.25, -0.2) is 0 Å². The lowest BCUT2D eigenvalue weighted by Crippen LogP contribution is -2.03. The normalized spacial score (nSPS) is 10.9. The summed E-state index contributed by atoms with van der Waals surface area (Å²) in [5, 5.41) is 5.18. The van der Waals surface area contributed by atoms with Gasteiger partial charge in [0.15, 0.2) is 0 Å². The second-order valence-corrected chi connectivity index (χ2v) is 8.82. The lowest BCUT2D eigenvalue weighted by molar-refractivity contribution is -0.107. The highest BCUT2D eigenvalue weighted by Crippen LogP contribution is 2.40. The van der Waals surface area contributed by atoms with E-state index in [0.717, 1.165) is 43.4 Å². The molecular formula is C31H34N2O. The zero-order chi connectivity index (χ0) is 23.4. The van der Waals surface area contributed by atoms with Crippen LogP contribution in [0.5, 0.6) is 0 Å². The molecule has 0 fully saturated rings. The molecular weight excluding hydrogens is 416 g/mol. The first-order valence-electron chi connectivity index (χ1n) is 12.6. The van der Waals surface area contributed by atoms with Gasteiger partial charge in [-0.15, -0.1) is 0 Å². The molecule has 34 heavy (non-hydrogen) atoms. The minimum absolute atomic E-state index is 0.703. The van der Waals surface area contributed by atoms with Crippen LogP contribution >= 0.6 is 0 Å². The van der Waals surface area contributed by atoms with Crippen LogP contribution in [0.3, 0.4) is 0 Å². The summed E-state index contributed by atoms with van der Waals surface area (Å²) >= 11 is 0. The van der Waals surface area contributed by atoms with Crippen molar-refractivity contribution < 1.29 is 4.79 Å². The van der Waals surface area contributed by atoms with Crippen molar-refractivity contribution in [3.8, 4) is 33.6 Å². The van der Waals surface area contributed by atoms with Crippen LogP contribution < -0.4 is 0 Å². The molecule has 0 aliphatic heterocycles. The predicted molar refractivity (Wildman–Crippen MR) is 142 cm³/mol.